The Hall–Kier alpha value is -1.36. The summed E-state index contributed by atoms with van der Waals surface area (Å²) in [6, 6.07) is 0. The molecular weight excluding hydrogens is 144 g/mol. The van der Waals surface area contributed by atoms with Gasteiger partial charge in [0, 0.05) is 6.54 Å². The number of nitrogen functional groups attached to an aromatic ring is 1. The average Bonchev–Trinajstić information content (AvgIpc) is 2.37. The summed E-state index contributed by atoms with van der Waals surface area (Å²) < 4.78 is 4.73. The van der Waals surface area contributed by atoms with E-state index in [0.717, 1.165) is 0 Å². The predicted octanol–water partition coefficient (Wildman–Crippen LogP) is -0.0726. The van der Waals surface area contributed by atoms with Gasteiger partial charge in [0.25, 0.3) is 5.95 Å². The number of nitrogens with one attached hydrogen (secondary N) is 1. The van der Waals surface area contributed by atoms with Crippen molar-refractivity contribution in [3.8, 4) is 0 Å². The van der Waals surface area contributed by atoms with Crippen LogP contribution in [0.15, 0.2) is 17.2 Å². The Morgan fingerprint density at radius 1 is 1.73 bits per heavy atom. The molecule has 0 atom stereocenters. The minimum absolute atomic E-state index is 0.167. The van der Waals surface area contributed by atoms with Gasteiger partial charge in [-0.2, -0.15) is 4.98 Å². The van der Waals surface area contributed by atoms with E-state index >= 15 is 0 Å². The molecule has 0 fully saturated rings. The van der Waals surface area contributed by atoms with Gasteiger partial charge in [-0.3, -0.25) is 0 Å². The molecule has 1 heterocycles. The second kappa shape index (κ2) is 3.72. The molecular formula is C6H10N4O. The third-order valence-corrected chi connectivity index (χ3v) is 1.05. The molecule has 5 heteroatoms. The fourth-order valence-electron chi connectivity index (χ4n) is 0.621. The van der Waals surface area contributed by atoms with Crippen molar-refractivity contribution in [2.75, 3.05) is 12.3 Å². The smallest absolute Gasteiger partial charge is 0.260 e. The number of anilines is 1. The zero-order chi connectivity index (χ0) is 8.10. The fraction of sp³-hybridized carbons (Fsp3) is 0.333. The third kappa shape index (κ3) is 2.38. The number of nitrogens with zero attached hydrogens (tertiary/aromatic N) is 2. The van der Waals surface area contributed by atoms with Gasteiger partial charge in [-0.05, 0) is 5.16 Å². The molecule has 0 saturated carbocycles. The third-order valence-electron chi connectivity index (χ3n) is 1.05. The van der Waals surface area contributed by atoms with Gasteiger partial charge in [-0.15, -0.1) is 6.58 Å². The molecule has 3 N–H and O–H groups in total. The summed E-state index contributed by atoms with van der Waals surface area (Å²) in [7, 11) is 0. The van der Waals surface area contributed by atoms with Crippen LogP contribution in [0.5, 0.6) is 0 Å². The molecule has 1 rings (SSSR count). The summed E-state index contributed by atoms with van der Waals surface area (Å²) in [4.78, 5) is 3.79. The van der Waals surface area contributed by atoms with Crippen LogP contribution in [0, 0.1) is 0 Å². The molecule has 0 bridgehead atoms. The lowest BCUT2D eigenvalue weighted by atomic mass is 10.5. The maximum atomic E-state index is 5.22. The van der Waals surface area contributed by atoms with Crippen LogP contribution in [0.4, 0.5) is 5.95 Å². The Labute approximate surface area is 64.3 Å². The molecule has 0 radical (unpaired) electrons. The number of hydrogen-bond donors (Lipinski definition) is 2. The Morgan fingerprint density at radius 2 is 2.55 bits per heavy atom. The Morgan fingerprint density at radius 3 is 3.09 bits per heavy atom. The van der Waals surface area contributed by atoms with Gasteiger partial charge in [-0.1, -0.05) is 6.08 Å². The highest BCUT2D eigenvalue weighted by Gasteiger charge is 1.99. The first-order chi connectivity index (χ1) is 5.33. The molecule has 0 spiro atoms. The predicted molar refractivity (Wildman–Crippen MR) is 40.6 cm³/mol. The van der Waals surface area contributed by atoms with E-state index < -0.39 is 0 Å². The van der Waals surface area contributed by atoms with Crippen molar-refractivity contribution in [3.63, 3.8) is 0 Å². The minimum Gasteiger partial charge on any atom is -0.365 e. The van der Waals surface area contributed by atoms with E-state index in [1.165, 1.54) is 0 Å². The van der Waals surface area contributed by atoms with Gasteiger partial charge in [-0.25, -0.2) is 0 Å². The number of aromatic nitrogens is 2. The largest absolute Gasteiger partial charge is 0.365 e. The van der Waals surface area contributed by atoms with Crippen molar-refractivity contribution in [1.29, 1.82) is 0 Å². The van der Waals surface area contributed by atoms with Crippen LogP contribution in [0.1, 0.15) is 5.89 Å². The molecule has 0 amide bonds. The lowest BCUT2D eigenvalue weighted by Crippen LogP contribution is -2.12. The zero-order valence-corrected chi connectivity index (χ0v) is 6.08. The molecule has 60 valence electrons. The summed E-state index contributed by atoms with van der Waals surface area (Å²) in [6.45, 7) is 4.78. The second-order valence-corrected chi connectivity index (χ2v) is 1.97. The van der Waals surface area contributed by atoms with Gasteiger partial charge in [0.15, 0.2) is 0 Å². The van der Waals surface area contributed by atoms with Crippen molar-refractivity contribution >= 4 is 5.95 Å². The van der Waals surface area contributed by atoms with E-state index in [0.29, 0.717) is 19.0 Å². The Bertz CT molecular complexity index is 232. The van der Waals surface area contributed by atoms with E-state index in [1.807, 2.05) is 0 Å². The molecule has 0 aliphatic carbocycles. The number of rotatable bonds is 4. The minimum atomic E-state index is 0.167. The Kier molecular flexibility index (Phi) is 2.62. The molecule has 0 aliphatic rings. The summed E-state index contributed by atoms with van der Waals surface area (Å²) in [6.07, 6.45) is 1.75. The van der Waals surface area contributed by atoms with Crippen molar-refractivity contribution in [1.82, 2.24) is 15.5 Å². The van der Waals surface area contributed by atoms with Gasteiger partial charge < -0.3 is 15.6 Å². The van der Waals surface area contributed by atoms with Crippen molar-refractivity contribution in [2.45, 2.75) is 6.54 Å². The molecule has 0 aliphatic heterocycles. The van der Waals surface area contributed by atoms with Crippen LogP contribution >= 0.6 is 0 Å². The van der Waals surface area contributed by atoms with Gasteiger partial charge >= 0.3 is 0 Å². The first kappa shape index (κ1) is 7.74. The van der Waals surface area contributed by atoms with Crippen molar-refractivity contribution in [3.05, 3.63) is 18.5 Å². The first-order valence-corrected chi connectivity index (χ1v) is 3.22. The monoisotopic (exact) mass is 154 g/mol. The van der Waals surface area contributed by atoms with Crippen LogP contribution in [-0.4, -0.2) is 16.7 Å². The summed E-state index contributed by atoms with van der Waals surface area (Å²) in [5.41, 5.74) is 5.22. The molecule has 0 saturated heterocycles. The van der Waals surface area contributed by atoms with E-state index in [9.17, 15) is 0 Å². The maximum Gasteiger partial charge on any atom is 0.260 e. The first-order valence-electron chi connectivity index (χ1n) is 3.22. The van der Waals surface area contributed by atoms with Crippen LogP contribution in [0.25, 0.3) is 0 Å². The normalized spacial score (nSPS) is 9.82. The fourth-order valence-corrected chi connectivity index (χ4v) is 0.621. The van der Waals surface area contributed by atoms with E-state index in [-0.39, 0.29) is 5.95 Å². The van der Waals surface area contributed by atoms with Crippen LogP contribution in [0.2, 0.25) is 0 Å². The second-order valence-electron chi connectivity index (χ2n) is 1.97. The number of hydrogen-bond acceptors (Lipinski definition) is 5. The standard InChI is InChI=1S/C6H10N4O/c1-2-3-8-4-5-9-6(7)10-11-5/h2,8H,1,3-4H2,(H2,7,10). The highest BCUT2D eigenvalue weighted by atomic mass is 16.5. The highest BCUT2D eigenvalue weighted by molar-refractivity contribution is 5.10. The van der Waals surface area contributed by atoms with Crippen molar-refractivity contribution in [2.24, 2.45) is 0 Å². The molecule has 1 aromatic heterocycles. The quantitative estimate of drug-likeness (QED) is 0.469. The molecule has 5 nitrogen and oxygen atoms in total. The molecule has 11 heavy (non-hydrogen) atoms. The summed E-state index contributed by atoms with van der Waals surface area (Å²) in [5, 5.41) is 6.42. The van der Waals surface area contributed by atoms with Crippen LogP contribution in [0.3, 0.4) is 0 Å². The SMILES string of the molecule is C=CCNCc1nc(N)no1. The summed E-state index contributed by atoms with van der Waals surface area (Å²) >= 11 is 0. The van der Waals surface area contributed by atoms with E-state index in [1.54, 1.807) is 6.08 Å². The maximum absolute atomic E-state index is 5.22. The van der Waals surface area contributed by atoms with Gasteiger partial charge in [0.2, 0.25) is 5.89 Å². The molecule has 1 aromatic rings. The Balaban J connectivity index is 2.32. The lowest BCUT2D eigenvalue weighted by Gasteiger charge is -1.92. The lowest BCUT2D eigenvalue weighted by molar-refractivity contribution is 0.371. The molecule has 0 aromatic carbocycles. The van der Waals surface area contributed by atoms with Gasteiger partial charge in [0.1, 0.15) is 0 Å². The zero-order valence-electron chi connectivity index (χ0n) is 6.08. The van der Waals surface area contributed by atoms with Crippen LogP contribution < -0.4 is 11.1 Å². The van der Waals surface area contributed by atoms with Crippen LogP contribution in [-0.2, 0) is 6.54 Å². The van der Waals surface area contributed by atoms with E-state index in [4.69, 9.17) is 10.3 Å². The van der Waals surface area contributed by atoms with E-state index in [2.05, 4.69) is 22.0 Å². The van der Waals surface area contributed by atoms with Crippen molar-refractivity contribution < 1.29 is 4.52 Å². The molecule has 0 unspecified atom stereocenters. The topological polar surface area (TPSA) is 77.0 Å². The highest BCUT2D eigenvalue weighted by Crippen LogP contribution is 1.95. The van der Waals surface area contributed by atoms with Gasteiger partial charge in [0.05, 0.1) is 6.54 Å². The average molecular weight is 154 g/mol. The number of nitrogens with two attached hydrogens (primary N) is 1. The summed E-state index contributed by atoms with van der Waals surface area (Å²) in [5.74, 6) is 0.657.